The molecule has 4 nitrogen and oxygen atoms in total. The third kappa shape index (κ3) is 2.39. The van der Waals surface area contributed by atoms with Crippen molar-refractivity contribution in [3.63, 3.8) is 0 Å². The number of halogens is 1. The maximum absolute atomic E-state index is 12.4. The Morgan fingerprint density at radius 1 is 1.13 bits per heavy atom. The van der Waals surface area contributed by atoms with Crippen molar-refractivity contribution in [2.24, 2.45) is 0 Å². The van der Waals surface area contributed by atoms with Crippen LogP contribution in [0.3, 0.4) is 0 Å². The van der Waals surface area contributed by atoms with Gasteiger partial charge in [0, 0.05) is 27.2 Å². The van der Waals surface area contributed by atoms with Gasteiger partial charge in [0.15, 0.2) is 5.76 Å². The fourth-order valence-electron chi connectivity index (χ4n) is 2.61. The van der Waals surface area contributed by atoms with Crippen LogP contribution < -0.4 is 5.32 Å². The minimum Gasteiger partial charge on any atom is -0.453 e. The molecular formula is C18H10BrNO3. The number of rotatable bonds is 2. The van der Waals surface area contributed by atoms with Crippen molar-refractivity contribution in [3.05, 3.63) is 70.4 Å². The Bertz CT molecular complexity index is 967. The van der Waals surface area contributed by atoms with Crippen LogP contribution in [0.5, 0.6) is 0 Å². The van der Waals surface area contributed by atoms with Crippen LogP contribution in [0.2, 0.25) is 0 Å². The molecule has 4 rings (SSSR count). The molecule has 5 heteroatoms. The van der Waals surface area contributed by atoms with Gasteiger partial charge in [-0.1, -0.05) is 34.1 Å². The number of furan rings is 1. The lowest BCUT2D eigenvalue weighted by molar-refractivity contribution is -0.110. The van der Waals surface area contributed by atoms with E-state index in [-0.39, 0.29) is 17.5 Å². The average Bonchev–Trinajstić information content (AvgIpc) is 3.09. The van der Waals surface area contributed by atoms with E-state index in [0.717, 1.165) is 9.86 Å². The van der Waals surface area contributed by atoms with E-state index < -0.39 is 0 Å². The number of carbonyl (C=O) groups is 2. The smallest absolute Gasteiger partial charge is 0.256 e. The Morgan fingerprint density at radius 2 is 1.96 bits per heavy atom. The number of amides is 1. The summed E-state index contributed by atoms with van der Waals surface area (Å²) in [5.74, 6) is -0.406. The van der Waals surface area contributed by atoms with Crippen LogP contribution in [0.25, 0.3) is 16.5 Å². The highest BCUT2D eigenvalue weighted by Crippen LogP contribution is 2.34. The van der Waals surface area contributed by atoms with Crippen LogP contribution >= 0.6 is 15.9 Å². The molecule has 1 amide bonds. The van der Waals surface area contributed by atoms with E-state index in [1.165, 1.54) is 6.08 Å². The first-order chi connectivity index (χ1) is 11.1. The van der Waals surface area contributed by atoms with Gasteiger partial charge in [0.05, 0.1) is 5.57 Å². The van der Waals surface area contributed by atoms with E-state index in [1.807, 2.05) is 30.3 Å². The van der Waals surface area contributed by atoms with Gasteiger partial charge in [0.25, 0.3) is 5.91 Å². The van der Waals surface area contributed by atoms with Gasteiger partial charge in [-0.2, -0.15) is 0 Å². The highest BCUT2D eigenvalue weighted by molar-refractivity contribution is 9.10. The number of fused-ring (bicyclic) bond motifs is 2. The minimum atomic E-state index is -0.334. The van der Waals surface area contributed by atoms with Crippen LogP contribution in [0, 0.1) is 0 Å². The molecule has 3 aromatic rings. The lowest BCUT2D eigenvalue weighted by Gasteiger charge is -1.98. The summed E-state index contributed by atoms with van der Waals surface area (Å²) in [7, 11) is 0. The Balaban J connectivity index is 1.76. The molecule has 0 saturated heterocycles. The summed E-state index contributed by atoms with van der Waals surface area (Å²) in [6.07, 6.45) is 1.32. The zero-order chi connectivity index (χ0) is 16.0. The van der Waals surface area contributed by atoms with E-state index in [2.05, 4.69) is 21.2 Å². The van der Waals surface area contributed by atoms with Crippen molar-refractivity contribution in [1.82, 2.24) is 0 Å². The van der Waals surface area contributed by atoms with Gasteiger partial charge in [-0.15, -0.1) is 0 Å². The van der Waals surface area contributed by atoms with Crippen molar-refractivity contribution >= 4 is 49.9 Å². The zero-order valence-corrected chi connectivity index (χ0v) is 13.4. The van der Waals surface area contributed by atoms with Crippen molar-refractivity contribution in [3.8, 4) is 0 Å². The summed E-state index contributed by atoms with van der Waals surface area (Å²) in [5, 5.41) is 3.60. The van der Waals surface area contributed by atoms with Gasteiger partial charge in [0.2, 0.25) is 5.78 Å². The monoisotopic (exact) mass is 367 g/mol. The van der Waals surface area contributed by atoms with E-state index in [0.29, 0.717) is 22.4 Å². The highest BCUT2D eigenvalue weighted by Gasteiger charge is 2.25. The molecule has 2 heterocycles. The predicted molar refractivity (Wildman–Crippen MR) is 91.3 cm³/mol. The van der Waals surface area contributed by atoms with E-state index >= 15 is 0 Å². The number of anilines is 1. The van der Waals surface area contributed by atoms with Gasteiger partial charge in [-0.3, -0.25) is 9.59 Å². The molecule has 23 heavy (non-hydrogen) atoms. The second-order valence-corrected chi connectivity index (χ2v) is 6.13. The second kappa shape index (κ2) is 5.21. The second-order valence-electron chi connectivity index (χ2n) is 5.21. The van der Waals surface area contributed by atoms with Crippen molar-refractivity contribution in [2.75, 3.05) is 5.32 Å². The molecule has 0 radical (unpaired) electrons. The Kier molecular flexibility index (Phi) is 3.16. The summed E-state index contributed by atoms with van der Waals surface area (Å²) in [6, 6.07) is 14.5. The standard InChI is InChI=1S/C18H10BrNO3/c19-11-5-6-14-12(8-11)13(18(22)20-14)9-15(21)17-7-10-3-1-2-4-16(10)23-17/h1-9H,(H,20,22)/b13-9-. The highest BCUT2D eigenvalue weighted by atomic mass is 79.9. The predicted octanol–water partition coefficient (Wildman–Crippen LogP) is 4.41. The molecule has 1 aliphatic rings. The van der Waals surface area contributed by atoms with Crippen LogP contribution in [-0.2, 0) is 4.79 Å². The molecule has 1 aliphatic heterocycles. The number of hydrogen-bond donors (Lipinski definition) is 1. The summed E-state index contributed by atoms with van der Waals surface area (Å²) < 4.78 is 6.39. The number of allylic oxidation sites excluding steroid dienone is 1. The molecule has 1 N–H and O–H groups in total. The Labute approximate surface area is 139 Å². The third-order valence-electron chi connectivity index (χ3n) is 3.71. The number of benzene rings is 2. The largest absolute Gasteiger partial charge is 0.453 e. The molecule has 0 aliphatic carbocycles. The molecule has 0 unspecified atom stereocenters. The topological polar surface area (TPSA) is 59.3 Å². The molecule has 0 fully saturated rings. The van der Waals surface area contributed by atoms with Crippen molar-refractivity contribution < 1.29 is 14.0 Å². The number of carbonyl (C=O) groups excluding carboxylic acids is 2. The lowest BCUT2D eigenvalue weighted by Crippen LogP contribution is -2.05. The minimum absolute atomic E-state index is 0.218. The summed E-state index contributed by atoms with van der Waals surface area (Å²) in [5.41, 5.74) is 2.38. The molecule has 0 bridgehead atoms. The Morgan fingerprint density at radius 3 is 2.78 bits per heavy atom. The van der Waals surface area contributed by atoms with Crippen molar-refractivity contribution in [2.45, 2.75) is 0 Å². The van der Waals surface area contributed by atoms with Crippen molar-refractivity contribution in [1.29, 1.82) is 0 Å². The van der Waals surface area contributed by atoms with Crippen LogP contribution in [-0.4, -0.2) is 11.7 Å². The van der Waals surface area contributed by atoms with E-state index in [9.17, 15) is 9.59 Å². The van der Waals surface area contributed by atoms with Crippen LogP contribution in [0.15, 0.2) is 63.5 Å². The van der Waals surface area contributed by atoms with Crippen LogP contribution in [0.1, 0.15) is 16.1 Å². The fourth-order valence-corrected chi connectivity index (χ4v) is 2.97. The zero-order valence-electron chi connectivity index (χ0n) is 11.8. The average molecular weight is 368 g/mol. The van der Waals surface area contributed by atoms with Gasteiger partial charge >= 0.3 is 0 Å². The quantitative estimate of drug-likeness (QED) is 0.538. The number of nitrogens with one attached hydrogen (secondary N) is 1. The first kappa shape index (κ1) is 14.0. The van der Waals surface area contributed by atoms with Crippen LogP contribution in [0.4, 0.5) is 5.69 Å². The maximum atomic E-state index is 12.4. The lowest BCUT2D eigenvalue weighted by atomic mass is 10.1. The number of hydrogen-bond acceptors (Lipinski definition) is 3. The van der Waals surface area contributed by atoms with Gasteiger partial charge in [0.1, 0.15) is 5.58 Å². The number of ketones is 1. The fraction of sp³-hybridized carbons (Fsp3) is 0. The van der Waals surface area contributed by atoms with E-state index in [4.69, 9.17) is 4.42 Å². The first-order valence-electron chi connectivity index (χ1n) is 6.98. The summed E-state index contributed by atoms with van der Waals surface area (Å²) in [6.45, 7) is 0. The Hall–Kier alpha value is -2.66. The molecule has 0 atom stereocenters. The number of para-hydroxylation sites is 1. The normalized spacial score (nSPS) is 15.0. The molecular weight excluding hydrogens is 358 g/mol. The maximum Gasteiger partial charge on any atom is 0.256 e. The summed E-state index contributed by atoms with van der Waals surface area (Å²) >= 11 is 3.38. The SMILES string of the molecule is O=C1Nc2ccc(Br)cc2/C1=C/C(=O)c1cc2ccccc2o1. The molecule has 112 valence electrons. The molecule has 0 spiro atoms. The van der Waals surface area contributed by atoms with Gasteiger partial charge in [-0.05, 0) is 30.3 Å². The van der Waals surface area contributed by atoms with Gasteiger partial charge in [-0.25, -0.2) is 0 Å². The molecule has 2 aromatic carbocycles. The van der Waals surface area contributed by atoms with Gasteiger partial charge < -0.3 is 9.73 Å². The third-order valence-corrected chi connectivity index (χ3v) is 4.20. The summed E-state index contributed by atoms with van der Waals surface area (Å²) in [4.78, 5) is 24.6. The van der Waals surface area contributed by atoms with E-state index in [1.54, 1.807) is 18.2 Å². The molecule has 1 aromatic heterocycles. The molecule has 0 saturated carbocycles. The first-order valence-corrected chi connectivity index (χ1v) is 7.77.